The van der Waals surface area contributed by atoms with E-state index >= 15 is 8.78 Å². The van der Waals surface area contributed by atoms with Crippen LogP contribution in [0.4, 0.5) is 14.6 Å². The van der Waals surface area contributed by atoms with Gasteiger partial charge in [-0.15, -0.1) is 5.10 Å². The minimum atomic E-state index is -0.772. The van der Waals surface area contributed by atoms with E-state index in [1.54, 1.807) is 40.2 Å². The maximum Gasteiger partial charge on any atom is 0.355 e. The number of rotatable bonds is 3. The SMILES string of the molecule is C=CC(=O)N1CCN(c2nc(=O)n3c4nc(c(F)cc24)-c2c(F)cccc2Cc2cn(nn2)-c2ccnc(C(C)C)c2-3)[C@@H](C)C1. The van der Waals surface area contributed by atoms with Crippen LogP contribution in [-0.4, -0.2) is 71.0 Å². The number of carbonyl (C=O) groups is 1. The van der Waals surface area contributed by atoms with Gasteiger partial charge < -0.3 is 9.80 Å². The standard InChI is InChI=1S/C32H29F2N9O2/c1-5-25(44)40-11-12-41(18(4)15-40)30-21-14-23(34)28-26-19(7-6-8-22(26)33)13-20-16-42(39-38-20)24-9-10-35-27(17(2)3)29(24)43(31(21)36-28)32(45)37-30/h5-10,14,16-18H,1,11-13,15H2,2-4H3/t18-/m0/s1. The lowest BCUT2D eigenvalue weighted by atomic mass is 9.98. The Balaban J connectivity index is 1.59. The van der Waals surface area contributed by atoms with E-state index < -0.39 is 17.3 Å². The summed E-state index contributed by atoms with van der Waals surface area (Å²) in [5, 5.41) is 8.91. The van der Waals surface area contributed by atoms with Crippen molar-refractivity contribution >= 4 is 22.8 Å². The van der Waals surface area contributed by atoms with Gasteiger partial charge in [0.25, 0.3) is 0 Å². The van der Waals surface area contributed by atoms with E-state index in [4.69, 9.17) is 4.98 Å². The third-order valence-electron chi connectivity index (χ3n) is 8.38. The second kappa shape index (κ2) is 10.7. The summed E-state index contributed by atoms with van der Waals surface area (Å²) >= 11 is 0. The highest BCUT2D eigenvalue weighted by Gasteiger charge is 2.32. The van der Waals surface area contributed by atoms with Crippen LogP contribution in [-0.2, 0) is 11.2 Å². The van der Waals surface area contributed by atoms with Gasteiger partial charge in [0.05, 0.1) is 34.3 Å². The number of benzene rings is 1. The summed E-state index contributed by atoms with van der Waals surface area (Å²) in [5.41, 5.74) is 1.56. The second-order valence-electron chi connectivity index (χ2n) is 11.6. The summed E-state index contributed by atoms with van der Waals surface area (Å²) in [7, 11) is 0. The topological polar surface area (TPSA) is 115 Å². The fourth-order valence-electron chi connectivity index (χ4n) is 6.27. The Morgan fingerprint density at radius 2 is 1.96 bits per heavy atom. The lowest BCUT2D eigenvalue weighted by Gasteiger charge is -2.40. The monoisotopic (exact) mass is 609 g/mol. The molecule has 6 heterocycles. The second-order valence-corrected chi connectivity index (χ2v) is 11.6. The Labute approximate surface area is 256 Å². The van der Waals surface area contributed by atoms with Gasteiger partial charge in [-0.05, 0) is 42.7 Å². The first-order valence-corrected chi connectivity index (χ1v) is 14.7. The van der Waals surface area contributed by atoms with Gasteiger partial charge in [0.1, 0.15) is 23.1 Å². The van der Waals surface area contributed by atoms with Crippen LogP contribution in [0.5, 0.6) is 0 Å². The summed E-state index contributed by atoms with van der Waals surface area (Å²) in [6.07, 6.45) is 4.77. The first-order valence-electron chi connectivity index (χ1n) is 14.7. The first-order chi connectivity index (χ1) is 21.7. The molecule has 0 radical (unpaired) electrons. The van der Waals surface area contributed by atoms with Crippen molar-refractivity contribution in [3.05, 3.63) is 94.5 Å². The number of hydrogen-bond donors (Lipinski definition) is 0. The minimum Gasteiger partial charge on any atom is -0.350 e. The fourth-order valence-corrected chi connectivity index (χ4v) is 6.27. The van der Waals surface area contributed by atoms with Crippen molar-refractivity contribution in [2.24, 2.45) is 0 Å². The molecule has 0 N–H and O–H groups in total. The third kappa shape index (κ3) is 4.57. The van der Waals surface area contributed by atoms with Crippen LogP contribution in [0.25, 0.3) is 33.7 Å². The van der Waals surface area contributed by atoms with Gasteiger partial charge in [-0.1, -0.05) is 37.8 Å². The van der Waals surface area contributed by atoms with Gasteiger partial charge >= 0.3 is 5.69 Å². The molecule has 5 aromatic rings. The van der Waals surface area contributed by atoms with Gasteiger partial charge in [-0.2, -0.15) is 4.98 Å². The Morgan fingerprint density at radius 3 is 2.71 bits per heavy atom. The molecule has 228 valence electrons. The summed E-state index contributed by atoms with van der Waals surface area (Å²) in [5.74, 6) is -1.55. The van der Waals surface area contributed by atoms with E-state index in [0.29, 0.717) is 48.0 Å². The van der Waals surface area contributed by atoms with Crippen LogP contribution in [0.15, 0.2) is 60.2 Å². The zero-order valence-corrected chi connectivity index (χ0v) is 24.9. The average Bonchev–Trinajstić information content (AvgIpc) is 3.48. The molecular formula is C32H29F2N9O2. The van der Waals surface area contributed by atoms with E-state index in [1.807, 2.05) is 25.7 Å². The minimum absolute atomic E-state index is 0.0233. The van der Waals surface area contributed by atoms with E-state index in [-0.39, 0.29) is 52.4 Å². The largest absolute Gasteiger partial charge is 0.355 e. The number of pyridine rings is 2. The molecule has 2 aliphatic rings. The summed E-state index contributed by atoms with van der Waals surface area (Å²) in [6.45, 7) is 10.4. The average molecular weight is 610 g/mol. The number of anilines is 1. The van der Waals surface area contributed by atoms with Crippen LogP contribution in [0.2, 0.25) is 0 Å². The van der Waals surface area contributed by atoms with Crippen LogP contribution < -0.4 is 10.6 Å². The highest BCUT2D eigenvalue weighted by molar-refractivity contribution is 5.91. The Hall–Kier alpha value is -5.33. The van der Waals surface area contributed by atoms with Gasteiger partial charge in [-0.25, -0.2) is 27.8 Å². The number of piperazine rings is 1. The highest BCUT2D eigenvalue weighted by Crippen LogP contribution is 2.36. The van der Waals surface area contributed by atoms with E-state index in [9.17, 15) is 9.59 Å². The molecule has 4 aromatic heterocycles. The Kier molecular flexibility index (Phi) is 6.75. The maximum absolute atomic E-state index is 16.3. The van der Waals surface area contributed by atoms with Crippen molar-refractivity contribution in [2.75, 3.05) is 24.5 Å². The third-order valence-corrected chi connectivity index (χ3v) is 8.38. The van der Waals surface area contributed by atoms with E-state index in [0.717, 1.165) is 0 Å². The maximum atomic E-state index is 16.3. The molecule has 13 heteroatoms. The number of hydrogen-bond acceptors (Lipinski definition) is 8. The smallest absolute Gasteiger partial charge is 0.350 e. The molecule has 0 spiro atoms. The predicted octanol–water partition coefficient (Wildman–Crippen LogP) is 3.95. The molecule has 0 aliphatic carbocycles. The van der Waals surface area contributed by atoms with Crippen LogP contribution >= 0.6 is 0 Å². The molecule has 11 nitrogen and oxygen atoms in total. The van der Waals surface area contributed by atoms with Gasteiger partial charge in [-0.3, -0.25) is 9.78 Å². The van der Waals surface area contributed by atoms with Crippen molar-refractivity contribution in [1.82, 2.24) is 39.4 Å². The lowest BCUT2D eigenvalue weighted by molar-refractivity contribution is -0.126. The van der Waals surface area contributed by atoms with Crippen LogP contribution in [0.1, 0.15) is 43.6 Å². The molecular weight excluding hydrogens is 580 g/mol. The molecule has 4 bridgehead atoms. The van der Waals surface area contributed by atoms with Crippen molar-refractivity contribution in [3.63, 3.8) is 0 Å². The van der Waals surface area contributed by atoms with E-state index in [1.165, 1.54) is 22.8 Å². The van der Waals surface area contributed by atoms with Crippen LogP contribution in [0.3, 0.4) is 0 Å². The molecule has 1 saturated heterocycles. The molecule has 2 aliphatic heterocycles. The number of halogens is 2. The molecule has 1 atom stereocenters. The Morgan fingerprint density at radius 1 is 1.13 bits per heavy atom. The summed E-state index contributed by atoms with van der Waals surface area (Å²) < 4.78 is 34.7. The highest BCUT2D eigenvalue weighted by atomic mass is 19.1. The molecule has 1 amide bonds. The number of carbonyl (C=O) groups excluding carboxylic acids is 1. The van der Waals surface area contributed by atoms with E-state index in [2.05, 4.69) is 26.9 Å². The number of aromatic nitrogens is 7. The molecule has 1 aromatic carbocycles. The molecule has 1 fully saturated rings. The number of nitrogens with zero attached hydrogens (tertiary/aromatic N) is 9. The van der Waals surface area contributed by atoms with Crippen LogP contribution in [0, 0.1) is 11.6 Å². The van der Waals surface area contributed by atoms with Crippen molar-refractivity contribution in [2.45, 2.75) is 39.2 Å². The van der Waals surface area contributed by atoms with Gasteiger partial charge in [0.2, 0.25) is 5.91 Å². The molecule has 0 unspecified atom stereocenters. The molecule has 7 rings (SSSR count). The zero-order chi connectivity index (χ0) is 31.6. The number of amides is 1. The number of fused-ring (bicyclic) bond motifs is 8. The predicted molar refractivity (Wildman–Crippen MR) is 164 cm³/mol. The van der Waals surface area contributed by atoms with Gasteiger partial charge in [0, 0.05) is 43.9 Å². The summed E-state index contributed by atoms with van der Waals surface area (Å²) in [6, 6.07) is 7.21. The van der Waals surface area contributed by atoms with Gasteiger partial charge in [0.15, 0.2) is 5.65 Å². The Bertz CT molecular complexity index is 2090. The first kappa shape index (κ1) is 28.4. The molecule has 0 saturated carbocycles. The molecule has 45 heavy (non-hydrogen) atoms. The van der Waals surface area contributed by atoms with Crippen molar-refractivity contribution in [1.29, 1.82) is 0 Å². The normalized spacial score (nSPS) is 15.9. The lowest BCUT2D eigenvalue weighted by Crippen LogP contribution is -2.54. The summed E-state index contributed by atoms with van der Waals surface area (Å²) in [4.78, 5) is 44.0. The zero-order valence-electron chi connectivity index (χ0n) is 24.9. The van der Waals surface area contributed by atoms with Crippen molar-refractivity contribution in [3.8, 4) is 22.6 Å². The van der Waals surface area contributed by atoms with Crippen molar-refractivity contribution < 1.29 is 13.6 Å². The quantitative estimate of drug-likeness (QED) is 0.277. The fraction of sp³-hybridized carbons (Fsp3) is 0.281.